The van der Waals surface area contributed by atoms with Crippen LogP contribution in [0, 0.1) is 5.41 Å². The number of ether oxygens (including phenoxy) is 3. The fourth-order valence-electron chi connectivity index (χ4n) is 3.75. The van der Waals surface area contributed by atoms with Crippen LogP contribution in [0.25, 0.3) is 0 Å². The Hall–Kier alpha value is -1.22. The second-order valence-electron chi connectivity index (χ2n) is 12.1. The Kier molecular flexibility index (Phi) is 8.64. The summed E-state index contributed by atoms with van der Waals surface area (Å²) in [4.78, 5) is 25.0. The van der Waals surface area contributed by atoms with Crippen molar-refractivity contribution < 1.29 is 33.3 Å². The summed E-state index contributed by atoms with van der Waals surface area (Å²) in [5.41, 5.74) is -0.618. The zero-order chi connectivity index (χ0) is 25.2. The molecule has 0 radical (unpaired) electrons. The summed E-state index contributed by atoms with van der Waals surface area (Å²) in [7, 11) is -2.10. The van der Waals surface area contributed by atoms with Gasteiger partial charge in [-0.2, -0.15) is 0 Å². The molecule has 0 amide bonds. The van der Waals surface area contributed by atoms with Crippen molar-refractivity contribution in [2.75, 3.05) is 6.61 Å². The number of hydrogen-bond donors (Lipinski definition) is 1. The SMILES string of the molecule is CCC(O)CC1=CC(=O)C[C@@]2(C[C@@H](O[Si](C)(C)C(C)(C)C)C[C@H](COC(=O)C(C)(C)C)O2)O1. The van der Waals surface area contributed by atoms with E-state index in [4.69, 9.17) is 18.6 Å². The van der Waals surface area contributed by atoms with Gasteiger partial charge in [0.15, 0.2) is 14.1 Å². The molecule has 8 heteroatoms. The van der Waals surface area contributed by atoms with Gasteiger partial charge in [0.25, 0.3) is 0 Å². The van der Waals surface area contributed by atoms with Crippen LogP contribution in [0.1, 0.15) is 80.6 Å². The van der Waals surface area contributed by atoms with Crippen LogP contribution in [0.5, 0.6) is 0 Å². The lowest BCUT2D eigenvalue weighted by molar-refractivity contribution is -0.287. The van der Waals surface area contributed by atoms with E-state index in [0.717, 1.165) is 0 Å². The number of aliphatic hydroxyl groups is 1. The molecule has 7 nitrogen and oxygen atoms in total. The van der Waals surface area contributed by atoms with Crippen LogP contribution in [-0.4, -0.2) is 55.9 Å². The van der Waals surface area contributed by atoms with Gasteiger partial charge in [-0.1, -0.05) is 27.7 Å². The number of carbonyl (C=O) groups excluding carboxylic acids is 2. The number of hydrogen-bond acceptors (Lipinski definition) is 7. The van der Waals surface area contributed by atoms with Crippen LogP contribution in [0.4, 0.5) is 0 Å². The molecule has 4 atom stereocenters. The van der Waals surface area contributed by atoms with E-state index < -0.39 is 31.7 Å². The van der Waals surface area contributed by atoms with E-state index in [9.17, 15) is 14.7 Å². The van der Waals surface area contributed by atoms with Gasteiger partial charge >= 0.3 is 5.97 Å². The zero-order valence-electron chi connectivity index (χ0n) is 21.9. The molecule has 0 aromatic rings. The minimum atomic E-state index is -2.10. The molecule has 0 bridgehead atoms. The highest BCUT2D eigenvalue weighted by Gasteiger charge is 2.50. The lowest BCUT2D eigenvalue weighted by Gasteiger charge is -2.48. The average molecular weight is 485 g/mol. The van der Waals surface area contributed by atoms with Crippen LogP contribution < -0.4 is 0 Å². The Bertz CT molecular complexity index is 747. The van der Waals surface area contributed by atoms with Gasteiger partial charge in [0.1, 0.15) is 12.4 Å². The molecule has 2 rings (SSSR count). The van der Waals surface area contributed by atoms with Crippen molar-refractivity contribution >= 4 is 20.1 Å². The van der Waals surface area contributed by atoms with Crippen molar-refractivity contribution in [3.8, 4) is 0 Å². The normalized spacial score (nSPS) is 27.7. The molecular weight excluding hydrogens is 440 g/mol. The third-order valence-corrected chi connectivity index (χ3v) is 11.3. The van der Waals surface area contributed by atoms with Gasteiger partial charge in [0, 0.05) is 25.3 Å². The lowest BCUT2D eigenvalue weighted by Crippen LogP contribution is -2.55. The number of aliphatic hydroxyl groups excluding tert-OH is 1. The van der Waals surface area contributed by atoms with Crippen molar-refractivity contribution in [3.63, 3.8) is 0 Å². The molecule has 190 valence electrons. The zero-order valence-corrected chi connectivity index (χ0v) is 22.9. The van der Waals surface area contributed by atoms with Gasteiger partial charge in [0.05, 0.1) is 30.1 Å². The van der Waals surface area contributed by atoms with Crippen LogP contribution in [0.3, 0.4) is 0 Å². The van der Waals surface area contributed by atoms with Crippen molar-refractivity contribution in [1.82, 2.24) is 0 Å². The number of ketones is 1. The Labute approximate surface area is 200 Å². The maximum absolute atomic E-state index is 12.6. The van der Waals surface area contributed by atoms with Gasteiger partial charge in [0.2, 0.25) is 5.79 Å². The molecule has 1 N–H and O–H groups in total. The molecule has 0 aliphatic carbocycles. The number of allylic oxidation sites excluding steroid dienone is 1. The molecule has 1 spiro atoms. The molecule has 2 heterocycles. The first-order valence-corrected chi connectivity index (χ1v) is 15.0. The van der Waals surface area contributed by atoms with Crippen LogP contribution in [0.2, 0.25) is 18.1 Å². The molecule has 0 aromatic heterocycles. The van der Waals surface area contributed by atoms with Crippen molar-refractivity contribution in [2.24, 2.45) is 5.41 Å². The Balaban J connectivity index is 2.26. The highest BCUT2D eigenvalue weighted by Crippen LogP contribution is 2.44. The maximum Gasteiger partial charge on any atom is 0.311 e. The highest BCUT2D eigenvalue weighted by atomic mass is 28.4. The minimum Gasteiger partial charge on any atom is -0.466 e. The summed E-state index contributed by atoms with van der Waals surface area (Å²) in [6.45, 7) is 18.3. The predicted molar refractivity (Wildman–Crippen MR) is 129 cm³/mol. The molecule has 1 fully saturated rings. The number of carbonyl (C=O) groups is 2. The van der Waals surface area contributed by atoms with Crippen molar-refractivity contribution in [2.45, 2.75) is 123 Å². The molecule has 0 saturated carbocycles. The first kappa shape index (κ1) is 28.0. The van der Waals surface area contributed by atoms with E-state index in [1.807, 2.05) is 6.92 Å². The van der Waals surface area contributed by atoms with E-state index >= 15 is 0 Å². The van der Waals surface area contributed by atoms with Crippen LogP contribution in [-0.2, 0) is 28.2 Å². The fourth-order valence-corrected chi connectivity index (χ4v) is 5.12. The minimum absolute atomic E-state index is 0.0200. The van der Waals surface area contributed by atoms with E-state index in [2.05, 4.69) is 33.9 Å². The molecule has 2 aliphatic heterocycles. The Morgan fingerprint density at radius 3 is 2.45 bits per heavy atom. The van der Waals surface area contributed by atoms with E-state index in [1.165, 1.54) is 6.08 Å². The summed E-state index contributed by atoms with van der Waals surface area (Å²) in [6, 6.07) is 0. The summed E-state index contributed by atoms with van der Waals surface area (Å²) in [6.07, 6.45) is 2.07. The first-order chi connectivity index (χ1) is 15.0. The maximum atomic E-state index is 12.6. The van der Waals surface area contributed by atoms with Gasteiger partial charge in [-0.05, 0) is 45.3 Å². The van der Waals surface area contributed by atoms with Crippen molar-refractivity contribution in [3.05, 3.63) is 11.8 Å². The van der Waals surface area contributed by atoms with E-state index in [1.54, 1.807) is 20.8 Å². The average Bonchev–Trinajstić information content (AvgIpc) is 2.62. The Morgan fingerprint density at radius 1 is 1.27 bits per heavy atom. The highest BCUT2D eigenvalue weighted by molar-refractivity contribution is 6.74. The van der Waals surface area contributed by atoms with Gasteiger partial charge < -0.3 is 23.7 Å². The molecule has 33 heavy (non-hydrogen) atoms. The summed E-state index contributed by atoms with van der Waals surface area (Å²) < 4.78 is 24.8. The van der Waals surface area contributed by atoms with Crippen LogP contribution in [0.15, 0.2) is 11.8 Å². The van der Waals surface area contributed by atoms with Crippen LogP contribution >= 0.6 is 0 Å². The summed E-state index contributed by atoms with van der Waals surface area (Å²) in [5, 5.41) is 10.1. The number of rotatable bonds is 7. The van der Waals surface area contributed by atoms with E-state index in [0.29, 0.717) is 25.0 Å². The summed E-state index contributed by atoms with van der Waals surface area (Å²) >= 11 is 0. The Morgan fingerprint density at radius 2 is 1.91 bits per heavy atom. The molecule has 1 unspecified atom stereocenters. The topological polar surface area (TPSA) is 91.3 Å². The standard InChI is InChI=1S/C25H44O7Si/c1-10-17(26)11-19-12-18(27)14-25(30-19)15-20(32-33(8,9)24(5,6)7)13-21(31-25)16-29-22(28)23(2,3)4/h12,17,20-21,26H,10-11,13-16H2,1-9H3/t17?,20-,21+,25+/m0/s1. The third-order valence-electron chi connectivity index (χ3n) is 6.72. The second-order valence-corrected chi connectivity index (χ2v) is 16.8. The number of esters is 1. The first-order valence-electron chi connectivity index (χ1n) is 12.1. The third kappa shape index (κ3) is 7.63. The molecule has 2 aliphatic rings. The molecular formula is C25H44O7Si. The quantitative estimate of drug-likeness (QED) is 0.407. The van der Waals surface area contributed by atoms with Crippen molar-refractivity contribution in [1.29, 1.82) is 0 Å². The molecule has 1 saturated heterocycles. The summed E-state index contributed by atoms with van der Waals surface area (Å²) in [5.74, 6) is -1.16. The lowest BCUT2D eigenvalue weighted by atomic mass is 9.92. The van der Waals surface area contributed by atoms with Gasteiger partial charge in [-0.25, -0.2) is 0 Å². The van der Waals surface area contributed by atoms with Gasteiger partial charge in [-0.15, -0.1) is 0 Å². The smallest absolute Gasteiger partial charge is 0.311 e. The fraction of sp³-hybridized carbons (Fsp3) is 0.840. The van der Waals surface area contributed by atoms with Gasteiger partial charge in [-0.3, -0.25) is 9.59 Å². The monoisotopic (exact) mass is 484 g/mol. The predicted octanol–water partition coefficient (Wildman–Crippen LogP) is 4.88. The second kappa shape index (κ2) is 10.2. The van der Waals surface area contributed by atoms with E-state index in [-0.39, 0.29) is 42.3 Å². The molecule has 0 aromatic carbocycles. The largest absolute Gasteiger partial charge is 0.466 e.